The van der Waals surface area contributed by atoms with Gasteiger partial charge in [0.05, 0.1) is 13.0 Å². The molecule has 0 N–H and O–H groups in total. The van der Waals surface area contributed by atoms with Crippen LogP contribution in [0.25, 0.3) is 11.4 Å². The van der Waals surface area contributed by atoms with Crippen LogP contribution in [0.3, 0.4) is 0 Å². The van der Waals surface area contributed by atoms with Gasteiger partial charge in [0.25, 0.3) is 0 Å². The lowest BCUT2D eigenvalue weighted by molar-refractivity contribution is -0.146. The van der Waals surface area contributed by atoms with E-state index in [4.69, 9.17) is 4.74 Å². The Kier molecular flexibility index (Phi) is 3.83. The second kappa shape index (κ2) is 5.79. The zero-order valence-electron chi connectivity index (χ0n) is 13.1. The predicted molar refractivity (Wildman–Crippen MR) is 83.6 cm³/mol. The van der Waals surface area contributed by atoms with Gasteiger partial charge in [-0.1, -0.05) is 0 Å². The van der Waals surface area contributed by atoms with Gasteiger partial charge >= 0.3 is 5.97 Å². The van der Waals surface area contributed by atoms with Crippen molar-refractivity contribution in [2.45, 2.75) is 19.4 Å². The molecule has 116 valence electrons. The fourth-order valence-corrected chi connectivity index (χ4v) is 2.70. The van der Waals surface area contributed by atoms with Crippen LogP contribution < -0.4 is 4.90 Å². The van der Waals surface area contributed by atoms with E-state index in [1.165, 1.54) is 7.11 Å². The quantitative estimate of drug-likeness (QED) is 0.808. The average molecular weight is 300 g/mol. The van der Waals surface area contributed by atoms with Crippen molar-refractivity contribution in [3.8, 4) is 11.4 Å². The highest BCUT2D eigenvalue weighted by atomic mass is 16.5. The fourth-order valence-electron chi connectivity index (χ4n) is 2.70. The molecular weight excluding hydrogens is 280 g/mol. The summed E-state index contributed by atoms with van der Waals surface area (Å²) in [5.74, 6) is 1.30. The van der Waals surface area contributed by atoms with E-state index < -0.39 is 0 Å². The highest BCUT2D eigenvalue weighted by Crippen LogP contribution is 2.24. The molecule has 2 heterocycles. The Balaban J connectivity index is 1.83. The monoisotopic (exact) mass is 300 g/mol. The summed E-state index contributed by atoms with van der Waals surface area (Å²) in [6.45, 7) is 0.706. The Morgan fingerprint density at radius 3 is 2.68 bits per heavy atom. The number of rotatable bonds is 3. The van der Waals surface area contributed by atoms with Crippen LogP contribution in [-0.4, -0.2) is 41.9 Å². The van der Waals surface area contributed by atoms with Crippen molar-refractivity contribution in [3.05, 3.63) is 30.1 Å². The normalized spacial score (nSPS) is 17.0. The van der Waals surface area contributed by atoms with E-state index in [1.807, 2.05) is 43.0 Å². The Labute approximate surface area is 129 Å². The van der Waals surface area contributed by atoms with Gasteiger partial charge < -0.3 is 9.64 Å². The third kappa shape index (κ3) is 2.68. The molecule has 0 radical (unpaired) electrons. The molecule has 0 fully saturated rings. The molecule has 1 atom stereocenters. The minimum Gasteiger partial charge on any atom is -0.469 e. The largest absolute Gasteiger partial charge is 0.469 e. The molecule has 0 saturated carbocycles. The lowest BCUT2D eigenvalue weighted by Crippen LogP contribution is -2.27. The summed E-state index contributed by atoms with van der Waals surface area (Å²) in [7, 11) is 5.45. The molecule has 6 nitrogen and oxygen atoms in total. The fraction of sp³-hybridized carbons (Fsp3) is 0.438. The maximum Gasteiger partial charge on any atom is 0.309 e. The van der Waals surface area contributed by atoms with Gasteiger partial charge in [0.1, 0.15) is 5.82 Å². The van der Waals surface area contributed by atoms with Gasteiger partial charge in [-0.05, 0) is 30.7 Å². The van der Waals surface area contributed by atoms with E-state index in [-0.39, 0.29) is 11.9 Å². The number of carbonyl (C=O) groups is 1. The summed E-state index contributed by atoms with van der Waals surface area (Å²) in [5.41, 5.74) is 2.13. The Hall–Kier alpha value is -2.37. The smallest absolute Gasteiger partial charge is 0.309 e. The first kappa shape index (κ1) is 14.6. The van der Waals surface area contributed by atoms with Crippen LogP contribution in [0.4, 0.5) is 5.69 Å². The number of carbonyl (C=O) groups excluding carboxylic acids is 1. The van der Waals surface area contributed by atoms with E-state index in [1.54, 1.807) is 0 Å². The maximum absolute atomic E-state index is 11.7. The molecule has 3 rings (SSSR count). The minimum absolute atomic E-state index is 0.106. The van der Waals surface area contributed by atoms with Crippen molar-refractivity contribution in [2.75, 3.05) is 26.1 Å². The van der Waals surface area contributed by atoms with Gasteiger partial charge in [0.15, 0.2) is 5.82 Å². The number of anilines is 1. The van der Waals surface area contributed by atoms with E-state index in [0.29, 0.717) is 18.8 Å². The first-order valence-electron chi connectivity index (χ1n) is 7.38. The molecule has 0 saturated heterocycles. The molecular formula is C16H20N4O2. The molecule has 1 unspecified atom stereocenters. The summed E-state index contributed by atoms with van der Waals surface area (Å²) in [5, 5.41) is 4.55. The highest BCUT2D eigenvalue weighted by Gasteiger charge is 2.27. The number of fused-ring (bicyclic) bond motifs is 1. The number of nitrogens with zero attached hydrogens (tertiary/aromatic N) is 4. The summed E-state index contributed by atoms with van der Waals surface area (Å²) in [4.78, 5) is 18.3. The molecule has 1 aliphatic heterocycles. The molecule has 0 aliphatic carbocycles. The second-order valence-corrected chi connectivity index (χ2v) is 5.73. The Bertz CT molecular complexity index is 676. The molecule has 6 heteroatoms. The lowest BCUT2D eigenvalue weighted by atomic mass is 9.98. The standard InChI is InChI=1S/C16H20N4O2/c1-19(2)13-6-4-11(5-7-13)15-17-14-10-12(16(21)22-3)8-9-20(14)18-15/h4-7,12H,8-10H2,1-3H3. The van der Waals surface area contributed by atoms with E-state index in [2.05, 4.69) is 15.0 Å². The van der Waals surface area contributed by atoms with E-state index >= 15 is 0 Å². The summed E-state index contributed by atoms with van der Waals surface area (Å²) in [6.07, 6.45) is 1.34. The van der Waals surface area contributed by atoms with Gasteiger partial charge in [-0.2, -0.15) is 5.10 Å². The summed E-state index contributed by atoms with van der Waals surface area (Å²) >= 11 is 0. The molecule has 0 spiro atoms. The highest BCUT2D eigenvalue weighted by molar-refractivity contribution is 5.72. The van der Waals surface area contributed by atoms with Gasteiger partial charge in [-0.3, -0.25) is 4.79 Å². The van der Waals surface area contributed by atoms with Crippen LogP contribution in [0.15, 0.2) is 24.3 Å². The second-order valence-electron chi connectivity index (χ2n) is 5.73. The molecule has 1 aromatic heterocycles. The molecule has 1 aliphatic rings. The van der Waals surface area contributed by atoms with Crippen molar-refractivity contribution in [1.82, 2.24) is 14.8 Å². The maximum atomic E-state index is 11.7. The minimum atomic E-state index is -0.161. The van der Waals surface area contributed by atoms with Gasteiger partial charge in [-0.25, -0.2) is 9.67 Å². The number of ether oxygens (including phenoxy) is 1. The summed E-state index contributed by atoms with van der Waals surface area (Å²) in [6, 6.07) is 8.14. The van der Waals surface area contributed by atoms with Gasteiger partial charge in [0, 0.05) is 38.3 Å². The number of aryl methyl sites for hydroxylation is 1. The van der Waals surface area contributed by atoms with Crippen LogP contribution in [-0.2, 0) is 22.5 Å². The molecule has 0 bridgehead atoms. The van der Waals surface area contributed by atoms with Crippen LogP contribution in [0, 0.1) is 5.92 Å². The predicted octanol–water partition coefficient (Wildman–Crippen LogP) is 1.75. The average Bonchev–Trinajstić information content (AvgIpc) is 2.97. The first-order chi connectivity index (χ1) is 10.6. The topological polar surface area (TPSA) is 60.3 Å². The van der Waals surface area contributed by atoms with Crippen LogP contribution in [0.5, 0.6) is 0 Å². The summed E-state index contributed by atoms with van der Waals surface area (Å²) < 4.78 is 6.73. The van der Waals surface area contributed by atoms with Crippen LogP contribution in [0.2, 0.25) is 0 Å². The van der Waals surface area contributed by atoms with E-state index in [9.17, 15) is 4.79 Å². The molecule has 1 aromatic carbocycles. The van der Waals surface area contributed by atoms with Crippen molar-refractivity contribution < 1.29 is 9.53 Å². The lowest BCUT2D eigenvalue weighted by Gasteiger charge is -2.19. The third-order valence-corrected chi connectivity index (χ3v) is 4.04. The zero-order chi connectivity index (χ0) is 15.7. The number of hydrogen-bond donors (Lipinski definition) is 0. The van der Waals surface area contributed by atoms with Crippen molar-refractivity contribution >= 4 is 11.7 Å². The van der Waals surface area contributed by atoms with Gasteiger partial charge in [0.2, 0.25) is 0 Å². The van der Waals surface area contributed by atoms with Crippen LogP contribution >= 0.6 is 0 Å². The zero-order valence-corrected chi connectivity index (χ0v) is 13.1. The third-order valence-electron chi connectivity index (χ3n) is 4.04. The van der Waals surface area contributed by atoms with Crippen LogP contribution in [0.1, 0.15) is 12.2 Å². The van der Waals surface area contributed by atoms with E-state index in [0.717, 1.165) is 23.5 Å². The number of esters is 1. The molecule has 0 amide bonds. The Morgan fingerprint density at radius 2 is 2.05 bits per heavy atom. The van der Waals surface area contributed by atoms with Gasteiger partial charge in [-0.15, -0.1) is 0 Å². The number of aromatic nitrogens is 3. The van der Waals surface area contributed by atoms with Crippen molar-refractivity contribution in [3.63, 3.8) is 0 Å². The molecule has 22 heavy (non-hydrogen) atoms. The number of benzene rings is 1. The van der Waals surface area contributed by atoms with Crippen molar-refractivity contribution in [2.24, 2.45) is 5.92 Å². The Morgan fingerprint density at radius 1 is 1.32 bits per heavy atom. The molecule has 2 aromatic rings. The first-order valence-corrected chi connectivity index (χ1v) is 7.38. The number of methoxy groups -OCH3 is 1. The SMILES string of the molecule is COC(=O)C1CCn2nc(-c3ccc(N(C)C)cc3)nc2C1. The van der Waals surface area contributed by atoms with Crippen molar-refractivity contribution in [1.29, 1.82) is 0 Å². The number of hydrogen-bond acceptors (Lipinski definition) is 5.